The van der Waals surface area contributed by atoms with E-state index in [1.807, 2.05) is 13.8 Å². The highest BCUT2D eigenvalue weighted by Crippen LogP contribution is 1.94. The Hall–Kier alpha value is -0.940. The quantitative estimate of drug-likeness (QED) is 0.705. The summed E-state index contributed by atoms with van der Waals surface area (Å²) in [7, 11) is 0. The summed E-state index contributed by atoms with van der Waals surface area (Å²) < 4.78 is 6.82. The molecule has 1 unspecified atom stereocenters. The van der Waals surface area contributed by atoms with E-state index in [2.05, 4.69) is 10.1 Å². The molecule has 0 radical (unpaired) electrons. The summed E-state index contributed by atoms with van der Waals surface area (Å²) in [5.41, 5.74) is 0. The second-order valence-electron chi connectivity index (χ2n) is 3.15. The van der Waals surface area contributed by atoms with Gasteiger partial charge in [0.25, 0.3) is 0 Å². The smallest absolute Gasteiger partial charge is 0.137 e. The SMILES string of the molecule is CC(C)OCC(O)Cn1cncn1. The minimum Gasteiger partial charge on any atom is -0.389 e. The molecule has 0 bridgehead atoms. The van der Waals surface area contributed by atoms with Crippen LogP contribution in [0.1, 0.15) is 13.8 Å². The minimum atomic E-state index is -0.524. The normalized spacial score (nSPS) is 13.5. The summed E-state index contributed by atoms with van der Waals surface area (Å²) in [5.74, 6) is 0. The second kappa shape index (κ2) is 4.94. The molecule has 5 nitrogen and oxygen atoms in total. The molecule has 13 heavy (non-hydrogen) atoms. The van der Waals surface area contributed by atoms with Gasteiger partial charge >= 0.3 is 0 Å². The largest absolute Gasteiger partial charge is 0.389 e. The molecular weight excluding hydrogens is 170 g/mol. The van der Waals surface area contributed by atoms with Gasteiger partial charge in [0.05, 0.1) is 25.4 Å². The lowest BCUT2D eigenvalue weighted by Crippen LogP contribution is -2.24. The maximum absolute atomic E-state index is 9.46. The molecule has 0 aliphatic carbocycles. The zero-order chi connectivity index (χ0) is 9.68. The molecule has 0 aromatic carbocycles. The minimum absolute atomic E-state index is 0.144. The molecule has 1 heterocycles. The van der Waals surface area contributed by atoms with Gasteiger partial charge in [0.1, 0.15) is 12.7 Å². The Morgan fingerprint density at radius 2 is 2.31 bits per heavy atom. The van der Waals surface area contributed by atoms with Crippen molar-refractivity contribution >= 4 is 0 Å². The fourth-order valence-electron chi connectivity index (χ4n) is 0.899. The van der Waals surface area contributed by atoms with Crippen LogP contribution in [0.4, 0.5) is 0 Å². The molecule has 0 amide bonds. The fraction of sp³-hybridized carbons (Fsp3) is 0.750. The Balaban J connectivity index is 2.22. The van der Waals surface area contributed by atoms with Crippen molar-refractivity contribution in [2.24, 2.45) is 0 Å². The van der Waals surface area contributed by atoms with Crippen molar-refractivity contribution in [2.45, 2.75) is 32.6 Å². The van der Waals surface area contributed by atoms with Crippen LogP contribution in [0.25, 0.3) is 0 Å². The van der Waals surface area contributed by atoms with Gasteiger partial charge < -0.3 is 9.84 Å². The molecule has 0 spiro atoms. The highest BCUT2D eigenvalue weighted by molar-refractivity contribution is 4.60. The molecule has 74 valence electrons. The van der Waals surface area contributed by atoms with Gasteiger partial charge in [0.15, 0.2) is 0 Å². The van der Waals surface area contributed by atoms with E-state index in [0.29, 0.717) is 13.2 Å². The molecule has 1 N–H and O–H groups in total. The van der Waals surface area contributed by atoms with Gasteiger partial charge in [0.2, 0.25) is 0 Å². The van der Waals surface area contributed by atoms with Crippen molar-refractivity contribution in [1.29, 1.82) is 0 Å². The number of ether oxygens (including phenoxy) is 1. The van der Waals surface area contributed by atoms with Gasteiger partial charge in [-0.1, -0.05) is 0 Å². The maximum atomic E-state index is 9.46. The molecule has 0 saturated heterocycles. The van der Waals surface area contributed by atoms with Crippen molar-refractivity contribution < 1.29 is 9.84 Å². The Morgan fingerprint density at radius 3 is 2.85 bits per heavy atom. The average molecular weight is 185 g/mol. The summed E-state index contributed by atoms with van der Waals surface area (Å²) in [6, 6.07) is 0. The average Bonchev–Trinajstić information content (AvgIpc) is 2.53. The predicted octanol–water partition coefficient (Wildman–Crippen LogP) is 0.0640. The van der Waals surface area contributed by atoms with Crippen LogP contribution >= 0.6 is 0 Å². The third-order valence-corrected chi connectivity index (χ3v) is 1.49. The standard InChI is InChI=1S/C8H15N3O2/c1-7(2)13-4-8(12)3-11-6-9-5-10-11/h5-8,12H,3-4H2,1-2H3. The van der Waals surface area contributed by atoms with Crippen molar-refractivity contribution in [2.75, 3.05) is 6.61 Å². The van der Waals surface area contributed by atoms with Gasteiger partial charge in [-0.2, -0.15) is 5.10 Å². The maximum Gasteiger partial charge on any atom is 0.137 e. The first kappa shape index (κ1) is 10.1. The highest BCUT2D eigenvalue weighted by atomic mass is 16.5. The number of aliphatic hydroxyl groups is 1. The van der Waals surface area contributed by atoms with E-state index in [1.165, 1.54) is 6.33 Å². The first-order valence-electron chi connectivity index (χ1n) is 4.30. The number of aromatic nitrogens is 3. The van der Waals surface area contributed by atoms with E-state index in [1.54, 1.807) is 11.0 Å². The lowest BCUT2D eigenvalue weighted by molar-refractivity contribution is -0.00205. The monoisotopic (exact) mass is 185 g/mol. The molecule has 1 aromatic heterocycles. The molecule has 0 fully saturated rings. The van der Waals surface area contributed by atoms with Gasteiger partial charge in [-0.05, 0) is 13.8 Å². The van der Waals surface area contributed by atoms with Crippen LogP contribution in [0.3, 0.4) is 0 Å². The van der Waals surface area contributed by atoms with Crippen LogP contribution in [0, 0.1) is 0 Å². The number of nitrogens with zero attached hydrogens (tertiary/aromatic N) is 3. The molecule has 1 atom stereocenters. The summed E-state index contributed by atoms with van der Waals surface area (Å²) in [5, 5.41) is 13.3. The van der Waals surface area contributed by atoms with E-state index >= 15 is 0 Å². The van der Waals surface area contributed by atoms with Crippen molar-refractivity contribution in [3.63, 3.8) is 0 Å². The third kappa shape index (κ3) is 4.00. The highest BCUT2D eigenvalue weighted by Gasteiger charge is 2.06. The lowest BCUT2D eigenvalue weighted by atomic mass is 10.4. The molecule has 0 saturated carbocycles. The molecular formula is C8H15N3O2. The topological polar surface area (TPSA) is 60.2 Å². The molecule has 0 aliphatic rings. The number of hydrogen-bond acceptors (Lipinski definition) is 4. The van der Waals surface area contributed by atoms with Crippen molar-refractivity contribution in [3.05, 3.63) is 12.7 Å². The van der Waals surface area contributed by atoms with E-state index in [4.69, 9.17) is 4.74 Å². The lowest BCUT2D eigenvalue weighted by Gasteiger charge is -2.12. The van der Waals surface area contributed by atoms with Gasteiger partial charge in [-0.3, -0.25) is 4.68 Å². The van der Waals surface area contributed by atoms with E-state index < -0.39 is 6.10 Å². The zero-order valence-electron chi connectivity index (χ0n) is 7.92. The summed E-state index contributed by atoms with van der Waals surface area (Å²) in [6.07, 6.45) is 2.63. The summed E-state index contributed by atoms with van der Waals surface area (Å²) >= 11 is 0. The molecule has 1 rings (SSSR count). The Kier molecular flexibility index (Phi) is 3.85. The van der Waals surface area contributed by atoms with Crippen LogP contribution < -0.4 is 0 Å². The zero-order valence-corrected chi connectivity index (χ0v) is 7.92. The third-order valence-electron chi connectivity index (χ3n) is 1.49. The molecule has 1 aromatic rings. The second-order valence-corrected chi connectivity index (χ2v) is 3.15. The Labute approximate surface area is 77.4 Å². The fourth-order valence-corrected chi connectivity index (χ4v) is 0.899. The number of aliphatic hydroxyl groups excluding tert-OH is 1. The van der Waals surface area contributed by atoms with Crippen LogP contribution in [0.15, 0.2) is 12.7 Å². The summed E-state index contributed by atoms with van der Waals surface area (Å²) in [4.78, 5) is 3.77. The van der Waals surface area contributed by atoms with Crippen LogP contribution in [0.5, 0.6) is 0 Å². The van der Waals surface area contributed by atoms with E-state index in [0.717, 1.165) is 0 Å². The van der Waals surface area contributed by atoms with Crippen molar-refractivity contribution in [1.82, 2.24) is 14.8 Å². The van der Waals surface area contributed by atoms with Gasteiger partial charge in [-0.25, -0.2) is 4.98 Å². The first-order valence-corrected chi connectivity index (χ1v) is 4.30. The molecule has 5 heteroatoms. The Bertz CT molecular complexity index is 223. The van der Waals surface area contributed by atoms with Gasteiger partial charge in [0, 0.05) is 0 Å². The van der Waals surface area contributed by atoms with Crippen LogP contribution in [-0.4, -0.2) is 38.7 Å². The summed E-state index contributed by atoms with van der Waals surface area (Å²) in [6.45, 7) is 4.62. The van der Waals surface area contributed by atoms with Crippen LogP contribution in [0.2, 0.25) is 0 Å². The van der Waals surface area contributed by atoms with E-state index in [9.17, 15) is 5.11 Å². The van der Waals surface area contributed by atoms with Crippen molar-refractivity contribution in [3.8, 4) is 0 Å². The number of hydrogen-bond donors (Lipinski definition) is 1. The van der Waals surface area contributed by atoms with E-state index in [-0.39, 0.29) is 6.10 Å². The molecule has 0 aliphatic heterocycles. The Morgan fingerprint density at radius 1 is 1.54 bits per heavy atom. The van der Waals surface area contributed by atoms with Crippen LogP contribution in [-0.2, 0) is 11.3 Å². The number of rotatable bonds is 5. The predicted molar refractivity (Wildman–Crippen MR) is 47.1 cm³/mol. The first-order chi connectivity index (χ1) is 6.18. The van der Waals surface area contributed by atoms with Gasteiger partial charge in [-0.15, -0.1) is 0 Å².